The largest absolute Gasteiger partial charge is 0.480 e. The van der Waals surface area contributed by atoms with E-state index < -0.39 is 17.0 Å². The van der Waals surface area contributed by atoms with Crippen molar-refractivity contribution in [3.05, 3.63) is 29.0 Å². The SMILES string of the molecule is CCC(Sc1ccc(F)c(Cl)c1)C(=O)O. The van der Waals surface area contributed by atoms with E-state index in [1.54, 1.807) is 6.92 Å². The Balaban J connectivity index is 2.80. The van der Waals surface area contributed by atoms with Crippen LogP contribution in [0, 0.1) is 5.82 Å². The summed E-state index contributed by atoms with van der Waals surface area (Å²) in [5.74, 6) is -1.37. The standard InChI is InChI=1S/C10H10ClFO2S/c1-2-9(10(13)14)15-6-3-4-8(12)7(11)5-6/h3-5,9H,2H2,1H3,(H,13,14). The van der Waals surface area contributed by atoms with Gasteiger partial charge in [0.1, 0.15) is 11.1 Å². The molecule has 0 aliphatic heterocycles. The van der Waals surface area contributed by atoms with E-state index in [0.717, 1.165) is 0 Å². The van der Waals surface area contributed by atoms with Gasteiger partial charge in [-0.2, -0.15) is 0 Å². The van der Waals surface area contributed by atoms with Crippen molar-refractivity contribution in [2.24, 2.45) is 0 Å². The normalized spacial score (nSPS) is 12.5. The zero-order valence-electron chi connectivity index (χ0n) is 8.04. The van der Waals surface area contributed by atoms with E-state index in [1.165, 1.54) is 30.0 Å². The average Bonchev–Trinajstić information content (AvgIpc) is 2.19. The van der Waals surface area contributed by atoms with Crippen LogP contribution in [0.5, 0.6) is 0 Å². The van der Waals surface area contributed by atoms with Gasteiger partial charge in [-0.05, 0) is 24.6 Å². The molecule has 0 heterocycles. The Bertz CT molecular complexity index is 370. The van der Waals surface area contributed by atoms with Crippen LogP contribution in [0.3, 0.4) is 0 Å². The number of aliphatic carboxylic acids is 1. The second-order valence-corrected chi connectivity index (χ2v) is 4.61. The highest BCUT2D eigenvalue weighted by Crippen LogP contribution is 2.28. The van der Waals surface area contributed by atoms with Crippen LogP contribution in [0.1, 0.15) is 13.3 Å². The van der Waals surface area contributed by atoms with Crippen LogP contribution in [-0.2, 0) is 4.79 Å². The van der Waals surface area contributed by atoms with Gasteiger partial charge in [0.2, 0.25) is 0 Å². The minimum atomic E-state index is -0.872. The Morgan fingerprint density at radius 2 is 2.33 bits per heavy atom. The minimum Gasteiger partial charge on any atom is -0.480 e. The molecule has 1 aromatic carbocycles. The third-order valence-electron chi connectivity index (χ3n) is 1.82. The molecule has 0 aromatic heterocycles. The van der Waals surface area contributed by atoms with E-state index >= 15 is 0 Å². The highest BCUT2D eigenvalue weighted by atomic mass is 35.5. The molecule has 0 saturated heterocycles. The fourth-order valence-electron chi connectivity index (χ4n) is 1.02. The molecular formula is C10H10ClFO2S. The first-order valence-electron chi connectivity index (χ1n) is 4.39. The van der Waals surface area contributed by atoms with Crippen molar-refractivity contribution < 1.29 is 14.3 Å². The third-order valence-corrected chi connectivity index (χ3v) is 3.45. The highest BCUT2D eigenvalue weighted by Gasteiger charge is 2.16. The first-order valence-corrected chi connectivity index (χ1v) is 5.65. The number of hydrogen-bond donors (Lipinski definition) is 1. The van der Waals surface area contributed by atoms with Gasteiger partial charge >= 0.3 is 5.97 Å². The maximum atomic E-state index is 12.8. The molecule has 0 aliphatic rings. The summed E-state index contributed by atoms with van der Waals surface area (Å²) >= 11 is 6.75. The summed E-state index contributed by atoms with van der Waals surface area (Å²) in [6, 6.07) is 4.20. The van der Waals surface area contributed by atoms with Crippen molar-refractivity contribution in [1.29, 1.82) is 0 Å². The molecule has 2 nitrogen and oxygen atoms in total. The molecule has 1 unspecified atom stereocenters. The molecule has 1 rings (SSSR count). The van der Waals surface area contributed by atoms with E-state index in [2.05, 4.69) is 0 Å². The van der Waals surface area contributed by atoms with Crippen LogP contribution in [0.15, 0.2) is 23.1 Å². The third kappa shape index (κ3) is 3.39. The van der Waals surface area contributed by atoms with Crippen molar-refractivity contribution >= 4 is 29.3 Å². The number of carboxylic acid groups (broad SMARTS) is 1. The van der Waals surface area contributed by atoms with Gasteiger partial charge in [-0.1, -0.05) is 18.5 Å². The van der Waals surface area contributed by atoms with Gasteiger partial charge in [-0.3, -0.25) is 4.79 Å². The van der Waals surface area contributed by atoms with Crippen molar-refractivity contribution in [3.63, 3.8) is 0 Å². The van der Waals surface area contributed by atoms with E-state index in [-0.39, 0.29) is 5.02 Å². The predicted octanol–water partition coefficient (Wildman–Crippen LogP) is 3.43. The Morgan fingerprint density at radius 1 is 1.67 bits per heavy atom. The summed E-state index contributed by atoms with van der Waals surface area (Å²) in [5, 5.41) is 8.32. The Kier molecular flexibility index (Phi) is 4.42. The number of benzene rings is 1. The highest BCUT2D eigenvalue weighted by molar-refractivity contribution is 8.00. The predicted molar refractivity (Wildman–Crippen MR) is 59.0 cm³/mol. The van der Waals surface area contributed by atoms with Crippen molar-refractivity contribution in [1.82, 2.24) is 0 Å². The number of hydrogen-bond acceptors (Lipinski definition) is 2. The lowest BCUT2D eigenvalue weighted by atomic mass is 10.3. The quantitative estimate of drug-likeness (QED) is 0.830. The van der Waals surface area contributed by atoms with Crippen molar-refractivity contribution in [2.75, 3.05) is 0 Å². The summed E-state index contributed by atoms with van der Waals surface area (Å²) in [6.07, 6.45) is 0.509. The molecular weight excluding hydrogens is 239 g/mol. The Morgan fingerprint density at radius 3 is 2.80 bits per heavy atom. The summed E-state index contributed by atoms with van der Waals surface area (Å²) < 4.78 is 12.8. The fourth-order valence-corrected chi connectivity index (χ4v) is 2.20. The first-order chi connectivity index (χ1) is 7.04. The molecule has 0 aliphatic carbocycles. The Labute approximate surface area is 96.4 Å². The maximum Gasteiger partial charge on any atom is 0.316 e. The topological polar surface area (TPSA) is 37.3 Å². The van der Waals surface area contributed by atoms with Gasteiger partial charge in [0.25, 0.3) is 0 Å². The zero-order chi connectivity index (χ0) is 11.4. The summed E-state index contributed by atoms with van der Waals surface area (Å²) in [7, 11) is 0. The molecule has 0 spiro atoms. The van der Waals surface area contributed by atoms with Crippen LogP contribution in [0.25, 0.3) is 0 Å². The molecule has 1 N–H and O–H groups in total. The molecule has 0 fully saturated rings. The lowest BCUT2D eigenvalue weighted by molar-refractivity contribution is -0.136. The van der Waals surface area contributed by atoms with Crippen LogP contribution in [-0.4, -0.2) is 16.3 Å². The van der Waals surface area contributed by atoms with E-state index in [4.69, 9.17) is 16.7 Å². The second kappa shape index (κ2) is 5.37. The molecule has 5 heteroatoms. The van der Waals surface area contributed by atoms with Crippen molar-refractivity contribution in [2.45, 2.75) is 23.5 Å². The molecule has 0 radical (unpaired) electrons. The molecule has 82 valence electrons. The van der Waals surface area contributed by atoms with Gasteiger partial charge in [0, 0.05) is 4.90 Å². The fraction of sp³-hybridized carbons (Fsp3) is 0.300. The lowest BCUT2D eigenvalue weighted by Gasteiger charge is -2.09. The number of carboxylic acids is 1. The van der Waals surface area contributed by atoms with E-state index in [9.17, 15) is 9.18 Å². The molecule has 1 aromatic rings. The van der Waals surface area contributed by atoms with Gasteiger partial charge in [0.05, 0.1) is 5.02 Å². The molecule has 0 bridgehead atoms. The van der Waals surface area contributed by atoms with Gasteiger partial charge < -0.3 is 5.11 Å². The van der Waals surface area contributed by atoms with Crippen LogP contribution < -0.4 is 0 Å². The second-order valence-electron chi connectivity index (χ2n) is 2.93. The zero-order valence-corrected chi connectivity index (χ0v) is 9.61. The summed E-state index contributed by atoms with van der Waals surface area (Å²) in [4.78, 5) is 11.4. The molecule has 15 heavy (non-hydrogen) atoms. The van der Waals surface area contributed by atoms with E-state index in [0.29, 0.717) is 11.3 Å². The molecule has 0 amide bonds. The molecule has 0 saturated carbocycles. The lowest BCUT2D eigenvalue weighted by Crippen LogP contribution is -2.14. The van der Waals surface area contributed by atoms with Crippen LogP contribution in [0.4, 0.5) is 4.39 Å². The minimum absolute atomic E-state index is 0.0141. The molecule has 1 atom stereocenters. The number of carbonyl (C=O) groups is 1. The van der Waals surface area contributed by atoms with Gasteiger partial charge in [0.15, 0.2) is 0 Å². The van der Waals surface area contributed by atoms with Gasteiger partial charge in [-0.25, -0.2) is 4.39 Å². The van der Waals surface area contributed by atoms with Gasteiger partial charge in [-0.15, -0.1) is 11.8 Å². The first kappa shape index (κ1) is 12.3. The van der Waals surface area contributed by atoms with E-state index in [1.807, 2.05) is 0 Å². The number of halogens is 2. The Hall–Kier alpha value is -0.740. The van der Waals surface area contributed by atoms with Crippen LogP contribution in [0.2, 0.25) is 5.02 Å². The number of thioether (sulfide) groups is 1. The summed E-state index contributed by atoms with van der Waals surface area (Å²) in [5.41, 5.74) is 0. The van der Waals surface area contributed by atoms with Crippen LogP contribution >= 0.6 is 23.4 Å². The summed E-state index contributed by atoms with van der Waals surface area (Å²) in [6.45, 7) is 1.79. The van der Waals surface area contributed by atoms with Crippen molar-refractivity contribution in [3.8, 4) is 0 Å². The monoisotopic (exact) mass is 248 g/mol. The average molecular weight is 249 g/mol. The smallest absolute Gasteiger partial charge is 0.316 e. The number of rotatable bonds is 4. The maximum absolute atomic E-state index is 12.8.